The van der Waals surface area contributed by atoms with E-state index in [4.69, 9.17) is 9.47 Å². The van der Waals surface area contributed by atoms with Gasteiger partial charge in [0.05, 0.1) is 13.2 Å². The summed E-state index contributed by atoms with van der Waals surface area (Å²) < 4.78 is 10.6. The van der Waals surface area contributed by atoms with Crippen molar-refractivity contribution < 1.29 is 14.3 Å². The molecule has 1 aliphatic rings. The molecule has 5 nitrogen and oxygen atoms in total. The lowest BCUT2D eigenvalue weighted by atomic mass is 9.95. The van der Waals surface area contributed by atoms with Crippen molar-refractivity contribution in [2.45, 2.75) is 51.7 Å². The van der Waals surface area contributed by atoms with Gasteiger partial charge in [0.1, 0.15) is 5.54 Å². The van der Waals surface area contributed by atoms with Crippen molar-refractivity contribution in [1.29, 1.82) is 0 Å². The third-order valence-electron chi connectivity index (χ3n) is 3.89. The van der Waals surface area contributed by atoms with Crippen LogP contribution in [-0.2, 0) is 14.3 Å². The van der Waals surface area contributed by atoms with Gasteiger partial charge in [-0.2, -0.15) is 0 Å². The van der Waals surface area contributed by atoms with E-state index in [0.29, 0.717) is 6.10 Å². The minimum Gasteiger partial charge on any atom is -0.468 e. The summed E-state index contributed by atoms with van der Waals surface area (Å²) in [5, 5.41) is 3.25. The Morgan fingerprint density at radius 2 is 2.30 bits per heavy atom. The van der Waals surface area contributed by atoms with E-state index in [2.05, 4.69) is 17.1 Å². The predicted octanol–water partition coefficient (Wildman–Crippen LogP) is 1.42. The van der Waals surface area contributed by atoms with E-state index in [1.165, 1.54) is 7.11 Å². The van der Waals surface area contributed by atoms with Gasteiger partial charge in [0.2, 0.25) is 0 Å². The van der Waals surface area contributed by atoms with Crippen molar-refractivity contribution in [2.24, 2.45) is 0 Å². The normalized spacial score (nSPS) is 23.9. The average molecular weight is 286 g/mol. The molecule has 2 unspecified atom stereocenters. The van der Waals surface area contributed by atoms with Crippen LogP contribution in [0.3, 0.4) is 0 Å². The highest BCUT2D eigenvalue weighted by molar-refractivity contribution is 5.80. The molecule has 1 heterocycles. The Kier molecular flexibility index (Phi) is 7.48. The van der Waals surface area contributed by atoms with Crippen LogP contribution in [0.15, 0.2) is 0 Å². The molecule has 0 aromatic heterocycles. The Hall–Kier alpha value is -0.650. The summed E-state index contributed by atoms with van der Waals surface area (Å²) in [5.74, 6) is -0.174. The lowest BCUT2D eigenvalue weighted by Gasteiger charge is -2.29. The lowest BCUT2D eigenvalue weighted by molar-refractivity contribution is -0.148. The van der Waals surface area contributed by atoms with Crippen LogP contribution in [0, 0.1) is 0 Å². The van der Waals surface area contributed by atoms with Gasteiger partial charge in [-0.3, -0.25) is 4.79 Å². The number of carbonyl (C=O) groups is 1. The number of nitrogens with zero attached hydrogens (tertiary/aromatic N) is 1. The van der Waals surface area contributed by atoms with Crippen LogP contribution in [0.25, 0.3) is 0 Å². The molecule has 118 valence electrons. The molecule has 0 radical (unpaired) electrons. The third kappa shape index (κ3) is 5.38. The van der Waals surface area contributed by atoms with Crippen LogP contribution in [-0.4, -0.2) is 62.4 Å². The number of hydrogen-bond acceptors (Lipinski definition) is 5. The second kappa shape index (κ2) is 8.60. The second-order valence-electron chi connectivity index (χ2n) is 5.79. The Bertz CT molecular complexity index is 299. The maximum Gasteiger partial charge on any atom is 0.325 e. The van der Waals surface area contributed by atoms with Gasteiger partial charge in [0.25, 0.3) is 0 Å². The fourth-order valence-electron chi connectivity index (χ4n) is 2.82. The Balaban J connectivity index is 2.41. The van der Waals surface area contributed by atoms with Gasteiger partial charge in [-0.15, -0.1) is 0 Å². The minimum atomic E-state index is -0.572. The SMILES string of the molecule is CCNC(C)(CCCN1CCCOC(C)C1)C(=O)OC. The molecule has 0 aliphatic carbocycles. The van der Waals surface area contributed by atoms with E-state index < -0.39 is 5.54 Å². The zero-order valence-corrected chi connectivity index (χ0v) is 13.4. The van der Waals surface area contributed by atoms with E-state index in [1.807, 2.05) is 13.8 Å². The van der Waals surface area contributed by atoms with Crippen molar-refractivity contribution in [1.82, 2.24) is 10.2 Å². The highest BCUT2D eigenvalue weighted by Gasteiger charge is 2.32. The molecule has 5 heteroatoms. The fraction of sp³-hybridized carbons (Fsp3) is 0.933. The first-order valence-corrected chi connectivity index (χ1v) is 7.69. The Morgan fingerprint density at radius 1 is 1.55 bits per heavy atom. The molecule has 1 aliphatic heterocycles. The molecule has 0 bridgehead atoms. The van der Waals surface area contributed by atoms with Gasteiger partial charge >= 0.3 is 5.97 Å². The standard InChI is InChI=1S/C15H30N2O3/c1-5-16-15(3,14(18)19-4)8-6-9-17-10-7-11-20-13(2)12-17/h13,16H,5-12H2,1-4H3. The molecule has 0 aromatic rings. The average Bonchev–Trinajstić information content (AvgIpc) is 2.62. The molecular formula is C15H30N2O3. The monoisotopic (exact) mass is 286 g/mol. The third-order valence-corrected chi connectivity index (χ3v) is 3.89. The zero-order valence-electron chi connectivity index (χ0n) is 13.4. The molecule has 0 amide bonds. The maximum absolute atomic E-state index is 11.9. The molecule has 0 saturated carbocycles. The van der Waals surface area contributed by atoms with Crippen LogP contribution in [0.4, 0.5) is 0 Å². The number of hydrogen-bond donors (Lipinski definition) is 1. The second-order valence-corrected chi connectivity index (χ2v) is 5.79. The van der Waals surface area contributed by atoms with Crippen molar-refractivity contribution in [3.8, 4) is 0 Å². The first-order valence-electron chi connectivity index (χ1n) is 7.69. The summed E-state index contributed by atoms with van der Waals surface area (Å²) in [6.07, 6.45) is 3.16. The van der Waals surface area contributed by atoms with Gasteiger partial charge in [0, 0.05) is 19.7 Å². The summed E-state index contributed by atoms with van der Waals surface area (Å²) in [6.45, 7) is 10.7. The molecule has 20 heavy (non-hydrogen) atoms. The van der Waals surface area contributed by atoms with E-state index >= 15 is 0 Å². The Labute approximate surface area is 123 Å². The molecule has 1 saturated heterocycles. The number of methoxy groups -OCH3 is 1. The number of carbonyl (C=O) groups excluding carboxylic acids is 1. The van der Waals surface area contributed by atoms with E-state index in [0.717, 1.165) is 52.0 Å². The van der Waals surface area contributed by atoms with Gasteiger partial charge in [-0.05, 0) is 46.2 Å². The smallest absolute Gasteiger partial charge is 0.325 e. The van der Waals surface area contributed by atoms with Crippen LogP contribution in [0.5, 0.6) is 0 Å². The quantitative estimate of drug-likeness (QED) is 0.717. The van der Waals surface area contributed by atoms with E-state index in [9.17, 15) is 4.79 Å². The predicted molar refractivity (Wildman–Crippen MR) is 79.8 cm³/mol. The number of likely N-dealkylation sites (N-methyl/N-ethyl adjacent to an activating group) is 1. The van der Waals surface area contributed by atoms with Gasteiger partial charge in [-0.25, -0.2) is 0 Å². The number of ether oxygens (including phenoxy) is 2. The molecule has 0 aromatic carbocycles. The summed E-state index contributed by atoms with van der Waals surface area (Å²) in [6, 6.07) is 0. The van der Waals surface area contributed by atoms with Crippen molar-refractivity contribution in [3.63, 3.8) is 0 Å². The van der Waals surface area contributed by atoms with Crippen molar-refractivity contribution in [3.05, 3.63) is 0 Å². The Morgan fingerprint density at radius 3 is 2.95 bits per heavy atom. The zero-order chi connectivity index (χ0) is 15.0. The summed E-state index contributed by atoms with van der Waals surface area (Å²) in [7, 11) is 1.45. The van der Waals surface area contributed by atoms with Crippen LogP contribution < -0.4 is 5.32 Å². The van der Waals surface area contributed by atoms with Gasteiger partial charge in [-0.1, -0.05) is 6.92 Å². The number of esters is 1. The topological polar surface area (TPSA) is 50.8 Å². The molecule has 1 rings (SSSR count). The first kappa shape index (κ1) is 17.4. The van der Waals surface area contributed by atoms with Gasteiger partial charge < -0.3 is 19.7 Å². The van der Waals surface area contributed by atoms with Crippen molar-refractivity contribution >= 4 is 5.97 Å². The minimum absolute atomic E-state index is 0.174. The van der Waals surface area contributed by atoms with Crippen molar-refractivity contribution in [2.75, 3.05) is 39.9 Å². The van der Waals surface area contributed by atoms with E-state index in [-0.39, 0.29) is 5.97 Å². The van der Waals surface area contributed by atoms with Crippen LogP contribution >= 0.6 is 0 Å². The highest BCUT2D eigenvalue weighted by Crippen LogP contribution is 2.16. The van der Waals surface area contributed by atoms with Crippen LogP contribution in [0.2, 0.25) is 0 Å². The largest absolute Gasteiger partial charge is 0.468 e. The fourth-order valence-corrected chi connectivity index (χ4v) is 2.82. The summed E-state index contributed by atoms with van der Waals surface area (Å²) in [5.41, 5.74) is -0.572. The molecule has 1 fully saturated rings. The summed E-state index contributed by atoms with van der Waals surface area (Å²) >= 11 is 0. The molecular weight excluding hydrogens is 256 g/mol. The first-order chi connectivity index (χ1) is 9.51. The number of nitrogens with one attached hydrogen (secondary N) is 1. The van der Waals surface area contributed by atoms with Crippen LogP contribution in [0.1, 0.15) is 40.0 Å². The van der Waals surface area contributed by atoms with E-state index in [1.54, 1.807) is 0 Å². The molecule has 0 spiro atoms. The number of rotatable bonds is 7. The highest BCUT2D eigenvalue weighted by atomic mass is 16.5. The summed E-state index contributed by atoms with van der Waals surface area (Å²) in [4.78, 5) is 14.3. The maximum atomic E-state index is 11.9. The van der Waals surface area contributed by atoms with Gasteiger partial charge in [0.15, 0.2) is 0 Å². The lowest BCUT2D eigenvalue weighted by Crippen LogP contribution is -2.50. The molecule has 1 N–H and O–H groups in total. The molecule has 2 atom stereocenters.